The van der Waals surface area contributed by atoms with Gasteiger partial charge in [0.1, 0.15) is 19.9 Å². The van der Waals surface area contributed by atoms with Gasteiger partial charge in [-0.15, -0.1) is 0 Å². The fourth-order valence-corrected chi connectivity index (χ4v) is 1.35. The van der Waals surface area contributed by atoms with Crippen molar-refractivity contribution in [2.24, 2.45) is 11.5 Å². The Morgan fingerprint density at radius 2 is 2.42 bits per heavy atom. The van der Waals surface area contributed by atoms with Crippen LogP contribution in [0.3, 0.4) is 0 Å². The van der Waals surface area contributed by atoms with Crippen molar-refractivity contribution in [2.75, 3.05) is 6.61 Å². The first-order valence-corrected chi connectivity index (χ1v) is 3.91. The second-order valence-electron chi connectivity index (χ2n) is 3.02. The molecule has 1 saturated heterocycles. The maximum Gasteiger partial charge on any atom is 0.144 e. The number of aliphatic hydroxyl groups is 1. The molecule has 1 aliphatic heterocycles. The molecule has 0 amide bonds. The maximum absolute atomic E-state index is 9.03. The van der Waals surface area contributed by atoms with E-state index in [1.54, 1.807) is 0 Å². The molecule has 12 heavy (non-hydrogen) atoms. The Balaban J connectivity index is 2.52. The second kappa shape index (κ2) is 3.72. The van der Waals surface area contributed by atoms with E-state index in [1.165, 1.54) is 0 Å². The molecule has 5 nitrogen and oxygen atoms in total. The van der Waals surface area contributed by atoms with Crippen molar-refractivity contribution >= 4 is 7.85 Å². The quantitative estimate of drug-likeness (QED) is 0.285. The fourth-order valence-electron chi connectivity index (χ4n) is 1.35. The second-order valence-corrected chi connectivity index (χ2v) is 3.02. The van der Waals surface area contributed by atoms with Gasteiger partial charge in [-0.1, -0.05) is 0 Å². The first-order valence-electron chi connectivity index (χ1n) is 3.91. The lowest BCUT2D eigenvalue weighted by Gasteiger charge is -2.30. The van der Waals surface area contributed by atoms with Crippen LogP contribution in [0.25, 0.3) is 0 Å². The molecule has 2 radical (unpaired) electrons. The third-order valence-electron chi connectivity index (χ3n) is 1.89. The predicted octanol–water partition coefficient (Wildman–Crippen LogP) is -2.23. The highest BCUT2D eigenvalue weighted by atomic mass is 16.5. The SMILES string of the molecule is [B][C@H]1CC[C@](CO)(NC(N)N)O1. The number of rotatable bonds is 3. The van der Waals surface area contributed by atoms with Crippen molar-refractivity contribution in [3.8, 4) is 0 Å². The molecule has 1 heterocycles. The van der Waals surface area contributed by atoms with Gasteiger partial charge in [0.25, 0.3) is 0 Å². The van der Waals surface area contributed by atoms with Gasteiger partial charge in [0.05, 0.1) is 6.61 Å². The van der Waals surface area contributed by atoms with E-state index in [0.717, 1.165) is 0 Å². The summed E-state index contributed by atoms with van der Waals surface area (Å²) >= 11 is 0. The van der Waals surface area contributed by atoms with Crippen LogP contribution >= 0.6 is 0 Å². The number of nitrogens with two attached hydrogens (primary N) is 2. The maximum atomic E-state index is 9.03. The molecule has 0 unspecified atom stereocenters. The lowest BCUT2D eigenvalue weighted by atomic mass is 9.97. The summed E-state index contributed by atoms with van der Waals surface area (Å²) in [6.45, 7) is -0.175. The number of nitrogens with one attached hydrogen (secondary N) is 1. The summed E-state index contributed by atoms with van der Waals surface area (Å²) in [6.07, 6.45) is 0.609. The first-order chi connectivity index (χ1) is 5.58. The van der Waals surface area contributed by atoms with Crippen LogP contribution in [0.15, 0.2) is 0 Å². The van der Waals surface area contributed by atoms with E-state index in [2.05, 4.69) is 5.32 Å². The van der Waals surface area contributed by atoms with Gasteiger partial charge in [0, 0.05) is 6.00 Å². The predicted molar refractivity (Wildman–Crippen MR) is 45.0 cm³/mol. The topological polar surface area (TPSA) is 93.5 Å². The van der Waals surface area contributed by atoms with E-state index in [1.807, 2.05) is 0 Å². The molecular weight excluding hydrogens is 157 g/mol. The third-order valence-corrected chi connectivity index (χ3v) is 1.89. The van der Waals surface area contributed by atoms with Crippen LogP contribution in [0.2, 0.25) is 0 Å². The third kappa shape index (κ3) is 2.18. The van der Waals surface area contributed by atoms with Gasteiger partial charge in [-0.05, 0) is 12.8 Å². The Morgan fingerprint density at radius 1 is 1.75 bits per heavy atom. The molecule has 0 aromatic rings. The highest BCUT2D eigenvalue weighted by Gasteiger charge is 2.38. The van der Waals surface area contributed by atoms with Crippen LogP contribution in [0, 0.1) is 0 Å². The summed E-state index contributed by atoms with van der Waals surface area (Å²) in [6, 6.07) is -0.344. The molecule has 68 valence electrons. The summed E-state index contributed by atoms with van der Waals surface area (Å²) in [5, 5.41) is 11.8. The summed E-state index contributed by atoms with van der Waals surface area (Å²) in [4.78, 5) is 0. The summed E-state index contributed by atoms with van der Waals surface area (Å²) in [7, 11) is 5.51. The Kier molecular flexibility index (Phi) is 3.08. The van der Waals surface area contributed by atoms with E-state index in [-0.39, 0.29) is 12.6 Å². The monoisotopic (exact) mass is 171 g/mol. The molecule has 1 aliphatic rings. The van der Waals surface area contributed by atoms with Crippen LogP contribution in [0.5, 0.6) is 0 Å². The fraction of sp³-hybridized carbons (Fsp3) is 1.00. The van der Waals surface area contributed by atoms with Crippen molar-refractivity contribution in [1.82, 2.24) is 5.32 Å². The van der Waals surface area contributed by atoms with Crippen LogP contribution in [-0.4, -0.2) is 37.6 Å². The molecule has 0 aromatic carbocycles. The number of aliphatic hydroxyl groups excluding tert-OH is 1. The Hall–Kier alpha value is -0.135. The van der Waals surface area contributed by atoms with Crippen molar-refractivity contribution in [3.05, 3.63) is 0 Å². The minimum Gasteiger partial charge on any atom is -0.392 e. The van der Waals surface area contributed by atoms with Crippen LogP contribution in [-0.2, 0) is 4.74 Å². The van der Waals surface area contributed by atoms with Crippen molar-refractivity contribution in [2.45, 2.75) is 30.9 Å². The molecule has 0 aliphatic carbocycles. The minimum absolute atomic E-state index is 0.175. The normalized spacial score (nSPS) is 36.2. The zero-order valence-electron chi connectivity index (χ0n) is 6.86. The molecule has 0 saturated carbocycles. The van der Waals surface area contributed by atoms with Gasteiger partial charge in [0.15, 0.2) is 0 Å². The minimum atomic E-state index is -0.840. The van der Waals surface area contributed by atoms with Crippen molar-refractivity contribution in [3.63, 3.8) is 0 Å². The Bertz CT molecular complexity index is 158. The van der Waals surface area contributed by atoms with Crippen LogP contribution < -0.4 is 16.8 Å². The molecule has 6 heteroatoms. The number of ether oxygens (including phenoxy) is 1. The van der Waals surface area contributed by atoms with E-state index in [4.69, 9.17) is 29.2 Å². The lowest BCUT2D eigenvalue weighted by molar-refractivity contribution is -0.0805. The van der Waals surface area contributed by atoms with Gasteiger partial charge in [-0.3, -0.25) is 5.32 Å². The summed E-state index contributed by atoms with van der Waals surface area (Å²) < 4.78 is 5.27. The van der Waals surface area contributed by atoms with E-state index in [0.29, 0.717) is 12.8 Å². The summed E-state index contributed by atoms with van der Waals surface area (Å²) in [5.41, 5.74) is 9.79. The van der Waals surface area contributed by atoms with Gasteiger partial charge in [-0.25, -0.2) is 0 Å². The van der Waals surface area contributed by atoms with Gasteiger partial charge in [0.2, 0.25) is 0 Å². The molecule has 0 bridgehead atoms. The van der Waals surface area contributed by atoms with Crippen molar-refractivity contribution < 1.29 is 9.84 Å². The average molecular weight is 171 g/mol. The molecule has 6 N–H and O–H groups in total. The molecular formula is C6H14BN3O2. The van der Waals surface area contributed by atoms with E-state index in [9.17, 15) is 0 Å². The molecule has 0 aromatic heterocycles. The Labute approximate surface area is 72.8 Å². The standard InChI is InChI=1S/C6H14BN3O2/c7-4-1-2-6(3-11,12-4)10-5(8)9/h4-5,10-11H,1-3,8-9H2/t4-,6+/m1/s1. The smallest absolute Gasteiger partial charge is 0.144 e. The van der Waals surface area contributed by atoms with Crippen LogP contribution in [0.4, 0.5) is 0 Å². The summed E-state index contributed by atoms with van der Waals surface area (Å²) in [5.74, 6) is 0. The van der Waals surface area contributed by atoms with Crippen LogP contribution in [0.1, 0.15) is 12.8 Å². The van der Waals surface area contributed by atoms with Gasteiger partial charge in [-0.2, -0.15) is 0 Å². The van der Waals surface area contributed by atoms with E-state index >= 15 is 0 Å². The lowest BCUT2D eigenvalue weighted by Crippen LogP contribution is -2.59. The highest BCUT2D eigenvalue weighted by Crippen LogP contribution is 2.25. The molecule has 0 spiro atoms. The number of hydrogen-bond donors (Lipinski definition) is 4. The molecule has 1 rings (SSSR count). The molecule has 2 atom stereocenters. The van der Waals surface area contributed by atoms with Crippen molar-refractivity contribution in [1.29, 1.82) is 0 Å². The number of hydrogen-bond acceptors (Lipinski definition) is 5. The van der Waals surface area contributed by atoms with Gasteiger partial charge < -0.3 is 21.3 Å². The Morgan fingerprint density at radius 3 is 2.75 bits per heavy atom. The van der Waals surface area contributed by atoms with E-state index < -0.39 is 12.0 Å². The zero-order valence-corrected chi connectivity index (χ0v) is 6.86. The zero-order chi connectivity index (χ0) is 9.19. The molecule has 1 fully saturated rings. The van der Waals surface area contributed by atoms with Gasteiger partial charge >= 0.3 is 0 Å². The largest absolute Gasteiger partial charge is 0.392 e. The highest BCUT2D eigenvalue weighted by molar-refractivity contribution is 6.11. The first kappa shape index (κ1) is 9.95. The average Bonchev–Trinajstić information content (AvgIpc) is 2.32.